The van der Waals surface area contributed by atoms with Crippen LogP contribution in [-0.4, -0.2) is 31.0 Å². The molecule has 0 spiro atoms. The van der Waals surface area contributed by atoms with E-state index in [-0.39, 0.29) is 0 Å². The predicted octanol–water partition coefficient (Wildman–Crippen LogP) is 1.89. The van der Waals surface area contributed by atoms with Gasteiger partial charge in [0.25, 0.3) is 0 Å². The summed E-state index contributed by atoms with van der Waals surface area (Å²) >= 11 is 0. The van der Waals surface area contributed by atoms with Gasteiger partial charge in [0.05, 0.1) is 12.3 Å². The Bertz CT molecular complexity index is 376. The fourth-order valence-corrected chi connectivity index (χ4v) is 1.69. The average molecular weight is 223 g/mol. The Morgan fingerprint density at radius 1 is 1.31 bits per heavy atom. The lowest BCUT2D eigenvalue weighted by Crippen LogP contribution is -2.30. The van der Waals surface area contributed by atoms with Crippen molar-refractivity contribution in [1.29, 1.82) is 0 Å². The average Bonchev–Trinajstić information content (AvgIpc) is 2.25. The van der Waals surface area contributed by atoms with Gasteiger partial charge < -0.3 is 9.47 Å². The summed E-state index contributed by atoms with van der Waals surface area (Å²) < 4.78 is 10.9. The second-order valence-corrected chi connectivity index (χ2v) is 3.45. The minimum absolute atomic E-state index is 0.411. The minimum atomic E-state index is -0.423. The van der Waals surface area contributed by atoms with E-state index < -0.39 is 6.10 Å². The smallest absolute Gasteiger partial charge is 0.157 e. The molecule has 0 saturated carbocycles. The van der Waals surface area contributed by atoms with E-state index in [2.05, 4.69) is 4.99 Å². The maximum atomic E-state index is 11.0. The number of allylic oxidation sites excluding steroid dienone is 1. The summed E-state index contributed by atoms with van der Waals surface area (Å²) in [6.45, 7) is 8.40. The summed E-state index contributed by atoms with van der Waals surface area (Å²) in [6.07, 6.45) is -0.423. The number of nitrogens with zero attached hydrogens (tertiary/aromatic N) is 1. The van der Waals surface area contributed by atoms with Crippen molar-refractivity contribution in [3.8, 4) is 0 Å². The number of carbonyl (C=O) groups excluding carboxylic acids is 1. The first-order valence-electron chi connectivity index (χ1n) is 5.41. The molecule has 0 N–H and O–H groups in total. The Balaban J connectivity index is 3.14. The van der Waals surface area contributed by atoms with Crippen molar-refractivity contribution in [3.05, 3.63) is 17.0 Å². The van der Waals surface area contributed by atoms with Crippen LogP contribution in [0.2, 0.25) is 0 Å². The molecule has 0 aliphatic carbocycles. The number of aliphatic imine (C=N–C) groups is 1. The van der Waals surface area contributed by atoms with Gasteiger partial charge in [0.1, 0.15) is 17.6 Å². The molecule has 0 amide bonds. The first-order chi connectivity index (χ1) is 7.65. The number of hydrogen-bond donors (Lipinski definition) is 0. The van der Waals surface area contributed by atoms with Gasteiger partial charge in [0.2, 0.25) is 0 Å². The van der Waals surface area contributed by atoms with Crippen LogP contribution in [-0.2, 0) is 14.3 Å². The van der Waals surface area contributed by atoms with Crippen molar-refractivity contribution < 1.29 is 14.3 Å². The van der Waals surface area contributed by atoms with Crippen LogP contribution in [0.5, 0.6) is 0 Å². The van der Waals surface area contributed by atoms with Gasteiger partial charge in [-0.2, -0.15) is 0 Å². The van der Waals surface area contributed by atoms with E-state index in [4.69, 9.17) is 9.47 Å². The first kappa shape index (κ1) is 12.7. The number of rotatable bonds is 4. The topological polar surface area (TPSA) is 47.9 Å². The van der Waals surface area contributed by atoms with Crippen molar-refractivity contribution in [1.82, 2.24) is 0 Å². The summed E-state index contributed by atoms with van der Waals surface area (Å²) in [5.41, 5.74) is 1.88. The van der Waals surface area contributed by atoms with Gasteiger partial charge in [0, 0.05) is 12.3 Å². The summed E-state index contributed by atoms with van der Waals surface area (Å²) in [7, 11) is 0. The van der Waals surface area contributed by atoms with Crippen LogP contribution >= 0.6 is 0 Å². The maximum absolute atomic E-state index is 11.0. The van der Waals surface area contributed by atoms with Crippen molar-refractivity contribution in [2.45, 2.75) is 33.8 Å². The van der Waals surface area contributed by atoms with E-state index in [0.717, 1.165) is 5.71 Å². The molecule has 0 saturated heterocycles. The van der Waals surface area contributed by atoms with E-state index in [0.29, 0.717) is 30.2 Å². The molecule has 0 bridgehead atoms. The number of hydrogen-bond acceptors (Lipinski definition) is 4. The third-order valence-electron chi connectivity index (χ3n) is 2.29. The zero-order valence-corrected chi connectivity index (χ0v) is 10.2. The van der Waals surface area contributed by atoms with Gasteiger partial charge >= 0.3 is 0 Å². The fourth-order valence-electron chi connectivity index (χ4n) is 1.69. The van der Waals surface area contributed by atoms with Gasteiger partial charge in [-0.1, -0.05) is 0 Å². The van der Waals surface area contributed by atoms with Gasteiger partial charge in [-0.3, -0.25) is 4.99 Å². The molecule has 0 fully saturated rings. The lowest BCUT2D eigenvalue weighted by molar-refractivity contribution is 0.122. The van der Waals surface area contributed by atoms with E-state index in [9.17, 15) is 4.79 Å². The molecule has 1 heterocycles. The molecule has 1 atom stereocenters. The monoisotopic (exact) mass is 223 g/mol. The molecule has 0 aromatic heterocycles. The lowest BCUT2D eigenvalue weighted by atomic mass is 10.0. The Morgan fingerprint density at radius 2 is 2.00 bits per heavy atom. The SMILES string of the molecule is CCOC1=C(C)N=C(C)C(OCC)C1=C=O. The van der Waals surface area contributed by atoms with Crippen molar-refractivity contribution >= 4 is 11.7 Å². The van der Waals surface area contributed by atoms with Crippen LogP contribution in [0.1, 0.15) is 27.7 Å². The molecule has 0 aromatic rings. The van der Waals surface area contributed by atoms with Gasteiger partial charge in [-0.05, 0) is 27.7 Å². The molecule has 1 aliphatic rings. The van der Waals surface area contributed by atoms with Crippen LogP contribution in [0.25, 0.3) is 0 Å². The highest BCUT2D eigenvalue weighted by atomic mass is 16.5. The van der Waals surface area contributed by atoms with Crippen LogP contribution in [0.15, 0.2) is 22.0 Å². The van der Waals surface area contributed by atoms with Crippen molar-refractivity contribution in [2.24, 2.45) is 4.99 Å². The van der Waals surface area contributed by atoms with Gasteiger partial charge in [-0.25, -0.2) is 4.79 Å². The molecule has 1 rings (SSSR count). The summed E-state index contributed by atoms with van der Waals surface area (Å²) in [5.74, 6) is 2.41. The Hall–Kier alpha value is -1.38. The third-order valence-corrected chi connectivity index (χ3v) is 2.29. The molecule has 88 valence electrons. The van der Waals surface area contributed by atoms with E-state index in [1.54, 1.807) is 0 Å². The molecule has 0 radical (unpaired) electrons. The second kappa shape index (κ2) is 5.64. The predicted molar refractivity (Wildman–Crippen MR) is 62.1 cm³/mol. The Morgan fingerprint density at radius 3 is 2.50 bits per heavy atom. The molecular weight excluding hydrogens is 206 g/mol. The fraction of sp³-hybridized carbons (Fsp3) is 0.583. The van der Waals surface area contributed by atoms with Crippen LogP contribution in [0.3, 0.4) is 0 Å². The molecule has 0 aromatic carbocycles. The minimum Gasteiger partial charge on any atom is -0.491 e. The lowest BCUT2D eigenvalue weighted by Gasteiger charge is -2.24. The summed E-state index contributed by atoms with van der Waals surface area (Å²) in [6, 6.07) is 0. The van der Waals surface area contributed by atoms with Gasteiger partial charge in [0.15, 0.2) is 5.76 Å². The quantitative estimate of drug-likeness (QED) is 0.684. The van der Waals surface area contributed by atoms with Crippen LogP contribution < -0.4 is 0 Å². The highest BCUT2D eigenvalue weighted by molar-refractivity contribution is 5.95. The summed E-state index contributed by atoms with van der Waals surface area (Å²) in [5, 5.41) is 0. The molecule has 4 nitrogen and oxygen atoms in total. The Labute approximate surface area is 95.7 Å². The largest absolute Gasteiger partial charge is 0.491 e. The number of ether oxygens (including phenoxy) is 2. The molecule has 1 aliphatic heterocycles. The standard InChI is InChI=1S/C12H17NO3/c1-5-15-11-8(3)13-9(4)12(16-6-2)10(11)7-14/h11H,5-6H2,1-4H3. The highest BCUT2D eigenvalue weighted by Gasteiger charge is 2.29. The van der Waals surface area contributed by atoms with Crippen LogP contribution in [0, 0.1) is 0 Å². The molecular formula is C12H17NO3. The molecule has 16 heavy (non-hydrogen) atoms. The molecule has 1 unspecified atom stereocenters. The van der Waals surface area contributed by atoms with E-state index in [1.807, 2.05) is 33.6 Å². The Kier molecular flexibility index (Phi) is 4.47. The highest BCUT2D eigenvalue weighted by Crippen LogP contribution is 2.26. The normalized spacial score (nSPS) is 20.6. The van der Waals surface area contributed by atoms with Crippen LogP contribution in [0.4, 0.5) is 0 Å². The zero-order valence-electron chi connectivity index (χ0n) is 10.2. The van der Waals surface area contributed by atoms with Gasteiger partial charge in [-0.15, -0.1) is 0 Å². The second-order valence-electron chi connectivity index (χ2n) is 3.45. The molecule has 4 heteroatoms. The third kappa shape index (κ3) is 2.40. The van der Waals surface area contributed by atoms with Crippen molar-refractivity contribution in [3.63, 3.8) is 0 Å². The summed E-state index contributed by atoms with van der Waals surface area (Å²) in [4.78, 5) is 15.3. The van der Waals surface area contributed by atoms with E-state index in [1.165, 1.54) is 0 Å². The van der Waals surface area contributed by atoms with Crippen molar-refractivity contribution in [2.75, 3.05) is 13.2 Å². The maximum Gasteiger partial charge on any atom is 0.157 e. The van der Waals surface area contributed by atoms with E-state index >= 15 is 0 Å². The zero-order chi connectivity index (χ0) is 12.1. The first-order valence-corrected chi connectivity index (χ1v) is 5.41.